The number of piperazine rings is 1. The molecular formula is C20H26FN3. The maximum Gasteiger partial charge on any atom is 0.146 e. The maximum absolute atomic E-state index is 14.4. The van der Waals surface area contributed by atoms with Crippen LogP contribution in [0.2, 0.25) is 0 Å². The molecule has 24 heavy (non-hydrogen) atoms. The van der Waals surface area contributed by atoms with Crippen molar-refractivity contribution < 1.29 is 4.39 Å². The van der Waals surface area contributed by atoms with Crippen molar-refractivity contribution in [2.75, 3.05) is 31.1 Å². The summed E-state index contributed by atoms with van der Waals surface area (Å²) in [5.74, 6) is -0.135. The first kappa shape index (κ1) is 16.9. The number of benzene rings is 2. The molecule has 3 rings (SSSR count). The molecule has 2 aromatic carbocycles. The van der Waals surface area contributed by atoms with Crippen LogP contribution in [0.15, 0.2) is 48.5 Å². The Balaban J connectivity index is 1.58. The molecule has 2 aromatic rings. The molecule has 0 saturated carbocycles. The summed E-state index contributed by atoms with van der Waals surface area (Å²) in [7, 11) is 0. The normalized spacial score (nSPS) is 17.0. The lowest BCUT2D eigenvalue weighted by Gasteiger charge is -2.36. The van der Waals surface area contributed by atoms with Gasteiger partial charge in [0.05, 0.1) is 5.69 Å². The van der Waals surface area contributed by atoms with E-state index in [2.05, 4.69) is 34.1 Å². The molecule has 0 radical (unpaired) electrons. The molecule has 2 N–H and O–H groups in total. The molecule has 0 spiro atoms. The predicted octanol–water partition coefficient (Wildman–Crippen LogP) is 3.04. The molecule has 1 aliphatic heterocycles. The Kier molecular flexibility index (Phi) is 5.48. The Morgan fingerprint density at radius 1 is 1.00 bits per heavy atom. The van der Waals surface area contributed by atoms with E-state index in [1.807, 2.05) is 25.1 Å². The number of hydrogen-bond acceptors (Lipinski definition) is 3. The zero-order valence-corrected chi connectivity index (χ0v) is 14.3. The molecule has 1 saturated heterocycles. The maximum atomic E-state index is 14.4. The van der Waals surface area contributed by atoms with E-state index in [9.17, 15) is 4.39 Å². The van der Waals surface area contributed by atoms with Gasteiger partial charge in [-0.1, -0.05) is 36.4 Å². The third kappa shape index (κ3) is 4.34. The van der Waals surface area contributed by atoms with Gasteiger partial charge in [-0.15, -0.1) is 0 Å². The Labute approximate surface area is 143 Å². The smallest absolute Gasteiger partial charge is 0.146 e. The molecule has 1 aliphatic rings. The number of anilines is 1. The SMILES string of the molecule is CC(N)Cc1ccc(N2CCN(Cc3ccccc3)CC2)c(F)c1. The van der Waals surface area contributed by atoms with Gasteiger partial charge in [-0.3, -0.25) is 4.90 Å². The lowest BCUT2D eigenvalue weighted by Crippen LogP contribution is -2.46. The molecule has 0 amide bonds. The number of hydrogen-bond donors (Lipinski definition) is 1. The molecule has 4 heteroatoms. The molecule has 0 aromatic heterocycles. The lowest BCUT2D eigenvalue weighted by molar-refractivity contribution is 0.249. The van der Waals surface area contributed by atoms with Crippen molar-refractivity contribution in [2.24, 2.45) is 5.73 Å². The standard InChI is InChI=1S/C20H26FN3/c1-16(22)13-18-7-8-20(19(21)14-18)24-11-9-23(10-12-24)15-17-5-3-2-4-6-17/h2-8,14,16H,9-13,15,22H2,1H3. The van der Waals surface area contributed by atoms with Crippen LogP contribution < -0.4 is 10.6 Å². The van der Waals surface area contributed by atoms with Crippen LogP contribution in [0.25, 0.3) is 0 Å². The fourth-order valence-corrected chi connectivity index (χ4v) is 3.29. The van der Waals surface area contributed by atoms with Gasteiger partial charge in [-0.2, -0.15) is 0 Å². The molecule has 3 nitrogen and oxygen atoms in total. The highest BCUT2D eigenvalue weighted by Crippen LogP contribution is 2.23. The van der Waals surface area contributed by atoms with E-state index in [1.54, 1.807) is 6.07 Å². The first-order chi connectivity index (χ1) is 11.6. The average Bonchev–Trinajstić information content (AvgIpc) is 2.56. The van der Waals surface area contributed by atoms with Crippen molar-refractivity contribution in [3.63, 3.8) is 0 Å². The van der Waals surface area contributed by atoms with E-state index in [1.165, 1.54) is 5.56 Å². The van der Waals surface area contributed by atoms with E-state index < -0.39 is 0 Å². The van der Waals surface area contributed by atoms with Gasteiger partial charge in [0.15, 0.2) is 0 Å². The molecule has 0 aliphatic carbocycles. The highest BCUT2D eigenvalue weighted by Gasteiger charge is 2.19. The van der Waals surface area contributed by atoms with Crippen LogP contribution in [-0.2, 0) is 13.0 Å². The van der Waals surface area contributed by atoms with Gasteiger partial charge in [-0.05, 0) is 36.6 Å². The molecule has 1 unspecified atom stereocenters. The topological polar surface area (TPSA) is 32.5 Å². The Morgan fingerprint density at radius 3 is 2.33 bits per heavy atom. The summed E-state index contributed by atoms with van der Waals surface area (Å²) in [6.45, 7) is 6.53. The molecular weight excluding hydrogens is 301 g/mol. The molecule has 1 heterocycles. The van der Waals surface area contributed by atoms with Crippen LogP contribution in [0.4, 0.5) is 10.1 Å². The quantitative estimate of drug-likeness (QED) is 0.916. The number of rotatable bonds is 5. The van der Waals surface area contributed by atoms with Crippen LogP contribution in [0.1, 0.15) is 18.1 Å². The van der Waals surface area contributed by atoms with Gasteiger partial charge in [0.25, 0.3) is 0 Å². The van der Waals surface area contributed by atoms with Crippen LogP contribution >= 0.6 is 0 Å². The second-order valence-corrected chi connectivity index (χ2v) is 6.72. The van der Waals surface area contributed by atoms with Crippen LogP contribution in [0, 0.1) is 5.82 Å². The lowest BCUT2D eigenvalue weighted by atomic mass is 10.1. The van der Waals surface area contributed by atoms with Crippen LogP contribution in [0.3, 0.4) is 0 Å². The first-order valence-corrected chi connectivity index (χ1v) is 8.67. The third-order valence-electron chi connectivity index (χ3n) is 4.53. The largest absolute Gasteiger partial charge is 0.367 e. The minimum atomic E-state index is -0.135. The van der Waals surface area contributed by atoms with Gasteiger partial charge in [-0.25, -0.2) is 4.39 Å². The summed E-state index contributed by atoms with van der Waals surface area (Å²) in [4.78, 5) is 4.57. The van der Waals surface area contributed by atoms with Crippen LogP contribution in [-0.4, -0.2) is 37.1 Å². The highest BCUT2D eigenvalue weighted by molar-refractivity contribution is 5.49. The number of halogens is 1. The Hall–Kier alpha value is -1.91. The Bertz CT molecular complexity index is 649. The van der Waals surface area contributed by atoms with E-state index in [0.717, 1.165) is 38.3 Å². The zero-order chi connectivity index (χ0) is 16.9. The summed E-state index contributed by atoms with van der Waals surface area (Å²) in [5, 5.41) is 0. The van der Waals surface area contributed by atoms with Crippen molar-refractivity contribution >= 4 is 5.69 Å². The minimum Gasteiger partial charge on any atom is -0.367 e. The Morgan fingerprint density at radius 2 is 1.71 bits per heavy atom. The van der Waals surface area contributed by atoms with Crippen molar-refractivity contribution in [1.29, 1.82) is 0 Å². The van der Waals surface area contributed by atoms with Gasteiger partial charge >= 0.3 is 0 Å². The molecule has 0 bridgehead atoms. The van der Waals surface area contributed by atoms with Crippen LogP contribution in [0.5, 0.6) is 0 Å². The second kappa shape index (κ2) is 7.77. The van der Waals surface area contributed by atoms with E-state index >= 15 is 0 Å². The third-order valence-corrected chi connectivity index (χ3v) is 4.53. The van der Waals surface area contributed by atoms with Crippen molar-refractivity contribution in [3.8, 4) is 0 Å². The summed E-state index contributed by atoms with van der Waals surface area (Å²) in [6.07, 6.45) is 0.710. The summed E-state index contributed by atoms with van der Waals surface area (Å²) < 4.78 is 14.4. The van der Waals surface area contributed by atoms with E-state index in [0.29, 0.717) is 12.1 Å². The average molecular weight is 327 g/mol. The van der Waals surface area contributed by atoms with Crippen molar-refractivity contribution in [2.45, 2.75) is 25.9 Å². The van der Waals surface area contributed by atoms with E-state index in [4.69, 9.17) is 5.73 Å². The summed E-state index contributed by atoms with van der Waals surface area (Å²) in [6, 6.07) is 16.1. The molecule has 1 atom stereocenters. The predicted molar refractivity (Wildman–Crippen MR) is 97.7 cm³/mol. The van der Waals surface area contributed by atoms with E-state index in [-0.39, 0.29) is 11.9 Å². The first-order valence-electron chi connectivity index (χ1n) is 8.67. The second-order valence-electron chi connectivity index (χ2n) is 6.72. The van der Waals surface area contributed by atoms with Gasteiger partial charge in [0.2, 0.25) is 0 Å². The van der Waals surface area contributed by atoms with Gasteiger partial charge in [0, 0.05) is 38.8 Å². The fraction of sp³-hybridized carbons (Fsp3) is 0.400. The number of nitrogens with zero attached hydrogens (tertiary/aromatic N) is 2. The molecule has 128 valence electrons. The highest BCUT2D eigenvalue weighted by atomic mass is 19.1. The zero-order valence-electron chi connectivity index (χ0n) is 14.3. The van der Waals surface area contributed by atoms with Gasteiger partial charge in [0.1, 0.15) is 5.82 Å². The van der Waals surface area contributed by atoms with Gasteiger partial charge < -0.3 is 10.6 Å². The van der Waals surface area contributed by atoms with Crippen molar-refractivity contribution in [3.05, 3.63) is 65.5 Å². The summed E-state index contributed by atoms with van der Waals surface area (Å²) in [5.41, 5.74) is 8.80. The minimum absolute atomic E-state index is 0.0526. The van der Waals surface area contributed by atoms with Crippen molar-refractivity contribution in [1.82, 2.24) is 4.90 Å². The monoisotopic (exact) mass is 327 g/mol. The molecule has 1 fully saturated rings. The summed E-state index contributed by atoms with van der Waals surface area (Å²) >= 11 is 0. The fourth-order valence-electron chi connectivity index (χ4n) is 3.29. The number of nitrogens with two attached hydrogens (primary N) is 1.